The number of hydrogen-bond donors (Lipinski definition) is 2. The molecular formula is C19H21N3. The monoisotopic (exact) mass is 291 g/mol. The van der Waals surface area contributed by atoms with E-state index in [9.17, 15) is 0 Å². The molecule has 0 radical (unpaired) electrons. The minimum absolute atomic E-state index is 0.580. The number of rotatable bonds is 3. The molecule has 2 heterocycles. The lowest BCUT2D eigenvalue weighted by atomic mass is 9.94. The van der Waals surface area contributed by atoms with E-state index in [0.29, 0.717) is 6.04 Å². The van der Waals surface area contributed by atoms with Gasteiger partial charge >= 0.3 is 0 Å². The molecule has 112 valence electrons. The number of pyridine rings is 1. The maximum Gasteiger partial charge on any atom is 0.139 e. The van der Waals surface area contributed by atoms with E-state index in [1.807, 2.05) is 12.4 Å². The van der Waals surface area contributed by atoms with Crippen molar-refractivity contribution in [1.82, 2.24) is 9.97 Å². The summed E-state index contributed by atoms with van der Waals surface area (Å²) in [5.41, 5.74) is 4.59. The smallest absolute Gasteiger partial charge is 0.139 e. The van der Waals surface area contributed by atoms with Crippen LogP contribution in [0.2, 0.25) is 0 Å². The van der Waals surface area contributed by atoms with E-state index in [2.05, 4.69) is 51.7 Å². The van der Waals surface area contributed by atoms with Crippen molar-refractivity contribution in [3.8, 4) is 11.1 Å². The summed E-state index contributed by atoms with van der Waals surface area (Å²) >= 11 is 0. The Kier molecular flexibility index (Phi) is 3.55. The molecule has 2 aromatic heterocycles. The molecule has 0 amide bonds. The summed E-state index contributed by atoms with van der Waals surface area (Å²) in [7, 11) is 0. The fourth-order valence-corrected chi connectivity index (χ4v) is 3.45. The minimum atomic E-state index is 0.580. The fourth-order valence-electron chi connectivity index (χ4n) is 3.45. The number of H-pyrrole nitrogens is 1. The number of anilines is 1. The number of aromatic nitrogens is 2. The molecule has 0 atom stereocenters. The first-order valence-electron chi connectivity index (χ1n) is 8.20. The van der Waals surface area contributed by atoms with Crippen LogP contribution in [0.15, 0.2) is 48.8 Å². The van der Waals surface area contributed by atoms with Crippen molar-refractivity contribution < 1.29 is 0 Å². The van der Waals surface area contributed by atoms with Crippen LogP contribution in [0.1, 0.15) is 32.1 Å². The Morgan fingerprint density at radius 1 is 1.00 bits per heavy atom. The molecule has 1 aliphatic carbocycles. The third-order valence-corrected chi connectivity index (χ3v) is 4.63. The molecule has 0 aliphatic heterocycles. The molecule has 3 nitrogen and oxygen atoms in total. The summed E-state index contributed by atoms with van der Waals surface area (Å²) in [5.74, 6) is 0. The van der Waals surface area contributed by atoms with Gasteiger partial charge in [0.25, 0.3) is 0 Å². The standard InChI is InChI=1S/C19H21N3/c1-3-7-14(8-4-1)17-13-21-19-16(11-12-20-19)18(17)22-15-9-5-2-6-10-15/h1,3-4,7-8,11-13,15H,2,5-6,9-10H2,(H2,20,21,22). The van der Waals surface area contributed by atoms with Crippen LogP contribution >= 0.6 is 0 Å². The first-order valence-corrected chi connectivity index (χ1v) is 8.20. The van der Waals surface area contributed by atoms with E-state index in [4.69, 9.17) is 0 Å². The van der Waals surface area contributed by atoms with Gasteiger partial charge in [-0.1, -0.05) is 49.6 Å². The second kappa shape index (κ2) is 5.84. The van der Waals surface area contributed by atoms with Crippen LogP contribution in [0.4, 0.5) is 5.69 Å². The normalized spacial score (nSPS) is 16.0. The van der Waals surface area contributed by atoms with Gasteiger partial charge in [-0.2, -0.15) is 0 Å². The lowest BCUT2D eigenvalue weighted by molar-refractivity contribution is 0.463. The maximum atomic E-state index is 4.58. The molecule has 3 heteroatoms. The van der Waals surface area contributed by atoms with Crippen LogP contribution in [0.5, 0.6) is 0 Å². The zero-order chi connectivity index (χ0) is 14.8. The molecule has 0 saturated heterocycles. The zero-order valence-corrected chi connectivity index (χ0v) is 12.7. The first kappa shape index (κ1) is 13.4. The van der Waals surface area contributed by atoms with Gasteiger partial charge in [0, 0.05) is 29.4 Å². The van der Waals surface area contributed by atoms with Crippen LogP contribution in [0.3, 0.4) is 0 Å². The molecule has 4 rings (SSSR count). The third kappa shape index (κ3) is 2.47. The van der Waals surface area contributed by atoms with Crippen molar-refractivity contribution in [1.29, 1.82) is 0 Å². The molecule has 1 fully saturated rings. The largest absolute Gasteiger partial charge is 0.381 e. The molecule has 1 aliphatic rings. The lowest BCUT2D eigenvalue weighted by Gasteiger charge is -2.25. The van der Waals surface area contributed by atoms with Crippen molar-refractivity contribution in [3.05, 3.63) is 48.8 Å². The molecule has 0 spiro atoms. The van der Waals surface area contributed by atoms with Crippen molar-refractivity contribution in [2.45, 2.75) is 38.1 Å². The molecule has 1 saturated carbocycles. The first-order chi connectivity index (χ1) is 10.9. The third-order valence-electron chi connectivity index (χ3n) is 4.63. The second-order valence-corrected chi connectivity index (χ2v) is 6.13. The Labute approximate surface area is 130 Å². The van der Waals surface area contributed by atoms with E-state index >= 15 is 0 Å². The van der Waals surface area contributed by atoms with E-state index in [1.54, 1.807) is 0 Å². The predicted octanol–water partition coefficient (Wildman–Crippen LogP) is 4.97. The summed E-state index contributed by atoms with van der Waals surface area (Å²) in [6.07, 6.45) is 10.5. The lowest BCUT2D eigenvalue weighted by Crippen LogP contribution is -2.22. The van der Waals surface area contributed by atoms with Crippen molar-refractivity contribution in [2.75, 3.05) is 5.32 Å². The Morgan fingerprint density at radius 3 is 2.64 bits per heavy atom. The molecule has 22 heavy (non-hydrogen) atoms. The van der Waals surface area contributed by atoms with E-state index in [-0.39, 0.29) is 0 Å². The van der Waals surface area contributed by atoms with Crippen LogP contribution in [-0.2, 0) is 0 Å². The van der Waals surface area contributed by atoms with Gasteiger partial charge in [0.1, 0.15) is 5.65 Å². The van der Waals surface area contributed by atoms with Crippen LogP contribution in [0, 0.1) is 0 Å². The van der Waals surface area contributed by atoms with Gasteiger partial charge in [-0.15, -0.1) is 0 Å². The summed E-state index contributed by atoms with van der Waals surface area (Å²) in [4.78, 5) is 7.80. The van der Waals surface area contributed by atoms with E-state index in [0.717, 1.165) is 5.65 Å². The zero-order valence-electron chi connectivity index (χ0n) is 12.7. The number of hydrogen-bond acceptors (Lipinski definition) is 2. The van der Waals surface area contributed by atoms with Gasteiger partial charge in [0.2, 0.25) is 0 Å². The van der Waals surface area contributed by atoms with E-state index in [1.165, 1.54) is 54.3 Å². The quantitative estimate of drug-likeness (QED) is 0.715. The van der Waals surface area contributed by atoms with Crippen LogP contribution in [0.25, 0.3) is 22.2 Å². The molecule has 0 bridgehead atoms. The van der Waals surface area contributed by atoms with E-state index < -0.39 is 0 Å². The second-order valence-electron chi connectivity index (χ2n) is 6.13. The maximum absolute atomic E-state index is 4.58. The highest BCUT2D eigenvalue weighted by atomic mass is 14.9. The molecule has 2 N–H and O–H groups in total. The number of benzene rings is 1. The molecular weight excluding hydrogens is 270 g/mol. The minimum Gasteiger partial charge on any atom is -0.381 e. The summed E-state index contributed by atoms with van der Waals surface area (Å²) < 4.78 is 0. The molecule has 3 aromatic rings. The highest BCUT2D eigenvalue weighted by molar-refractivity contribution is 5.98. The predicted molar refractivity (Wildman–Crippen MR) is 92.0 cm³/mol. The highest BCUT2D eigenvalue weighted by Crippen LogP contribution is 2.35. The van der Waals surface area contributed by atoms with Crippen molar-refractivity contribution in [2.24, 2.45) is 0 Å². The average Bonchev–Trinajstić information content (AvgIpc) is 3.06. The summed E-state index contributed by atoms with van der Waals surface area (Å²) in [6.45, 7) is 0. The Hall–Kier alpha value is -2.29. The summed E-state index contributed by atoms with van der Waals surface area (Å²) in [6, 6.07) is 13.2. The number of nitrogens with one attached hydrogen (secondary N) is 2. The number of aromatic amines is 1. The average molecular weight is 291 g/mol. The van der Waals surface area contributed by atoms with Gasteiger partial charge in [-0.3, -0.25) is 0 Å². The Bertz CT molecular complexity index is 755. The van der Waals surface area contributed by atoms with Gasteiger partial charge in [-0.25, -0.2) is 4.98 Å². The van der Waals surface area contributed by atoms with Gasteiger partial charge < -0.3 is 10.3 Å². The number of nitrogens with zero attached hydrogens (tertiary/aromatic N) is 1. The number of fused-ring (bicyclic) bond motifs is 1. The highest BCUT2D eigenvalue weighted by Gasteiger charge is 2.17. The Balaban J connectivity index is 1.80. The van der Waals surface area contributed by atoms with Crippen molar-refractivity contribution in [3.63, 3.8) is 0 Å². The van der Waals surface area contributed by atoms with Crippen LogP contribution < -0.4 is 5.32 Å². The van der Waals surface area contributed by atoms with Gasteiger partial charge in [-0.05, 0) is 24.5 Å². The topological polar surface area (TPSA) is 40.7 Å². The summed E-state index contributed by atoms with van der Waals surface area (Å²) in [5, 5.41) is 5.00. The van der Waals surface area contributed by atoms with Crippen molar-refractivity contribution >= 4 is 16.7 Å². The molecule has 0 unspecified atom stereocenters. The van der Waals surface area contributed by atoms with Gasteiger partial charge in [0.05, 0.1) is 5.69 Å². The Morgan fingerprint density at radius 2 is 1.82 bits per heavy atom. The molecule has 1 aromatic carbocycles. The SMILES string of the molecule is c1ccc(-c2cnc3[nH]ccc3c2NC2CCCCC2)cc1. The van der Waals surface area contributed by atoms with Gasteiger partial charge in [0.15, 0.2) is 0 Å². The van der Waals surface area contributed by atoms with Crippen LogP contribution in [-0.4, -0.2) is 16.0 Å². The fraction of sp³-hybridized carbons (Fsp3) is 0.316.